The molecule has 20 heavy (non-hydrogen) atoms. The van der Waals surface area contributed by atoms with E-state index in [1.54, 1.807) is 24.1 Å². The summed E-state index contributed by atoms with van der Waals surface area (Å²) in [6.45, 7) is 2.63. The van der Waals surface area contributed by atoms with Crippen LogP contribution in [0.3, 0.4) is 0 Å². The molecule has 0 aliphatic carbocycles. The number of carbonyl (C=O) groups excluding carboxylic acids is 1. The summed E-state index contributed by atoms with van der Waals surface area (Å²) < 4.78 is 0. The first-order valence-corrected chi connectivity index (χ1v) is 7.05. The van der Waals surface area contributed by atoms with Crippen LogP contribution in [0.4, 0.5) is 0 Å². The largest absolute Gasteiger partial charge is 0.508 e. The molecule has 1 aliphatic heterocycles. The lowest BCUT2D eigenvalue weighted by Crippen LogP contribution is -2.44. The Morgan fingerprint density at radius 2 is 2.05 bits per heavy atom. The highest BCUT2D eigenvalue weighted by molar-refractivity contribution is 5.78. The van der Waals surface area contributed by atoms with E-state index in [0.29, 0.717) is 13.1 Å². The Morgan fingerprint density at radius 1 is 1.40 bits per heavy atom. The maximum Gasteiger partial charge on any atom is 0.236 e. The molecule has 0 spiro atoms. The average molecular weight is 277 g/mol. The van der Waals surface area contributed by atoms with Crippen LogP contribution in [0.2, 0.25) is 0 Å². The van der Waals surface area contributed by atoms with Gasteiger partial charge in [0.25, 0.3) is 0 Å². The number of aromatic hydroxyl groups is 1. The van der Waals surface area contributed by atoms with E-state index >= 15 is 0 Å². The monoisotopic (exact) mass is 277 g/mol. The normalized spacial score (nSPS) is 17.1. The van der Waals surface area contributed by atoms with Crippen molar-refractivity contribution in [3.05, 3.63) is 29.8 Å². The fraction of sp³-hybridized carbons (Fsp3) is 0.533. The minimum Gasteiger partial charge on any atom is -0.508 e. The van der Waals surface area contributed by atoms with Gasteiger partial charge in [0, 0.05) is 38.3 Å². The Hall–Kier alpha value is -1.59. The zero-order valence-corrected chi connectivity index (χ0v) is 12.0. The van der Waals surface area contributed by atoms with E-state index in [2.05, 4.69) is 4.90 Å². The Kier molecular flexibility index (Phi) is 4.98. The maximum atomic E-state index is 12.2. The number of nitrogens with two attached hydrogens (primary N) is 1. The third-order valence-electron chi connectivity index (χ3n) is 3.82. The molecule has 5 heteroatoms. The summed E-state index contributed by atoms with van der Waals surface area (Å²) in [5, 5.41) is 9.73. The van der Waals surface area contributed by atoms with Crippen molar-refractivity contribution in [3.8, 4) is 5.75 Å². The minimum atomic E-state index is 0.0729. The number of nitrogens with zero attached hydrogens (tertiary/aromatic N) is 2. The molecule has 2 rings (SSSR count). The van der Waals surface area contributed by atoms with Crippen LogP contribution in [0.25, 0.3) is 0 Å². The van der Waals surface area contributed by atoms with Crippen molar-refractivity contribution < 1.29 is 9.90 Å². The third-order valence-corrected chi connectivity index (χ3v) is 3.82. The third kappa shape index (κ3) is 3.95. The molecule has 110 valence electrons. The number of likely N-dealkylation sites (N-methyl/N-ethyl adjacent to an activating group) is 1. The van der Waals surface area contributed by atoms with Crippen molar-refractivity contribution in [2.45, 2.75) is 25.4 Å². The molecule has 1 heterocycles. The van der Waals surface area contributed by atoms with E-state index in [4.69, 9.17) is 5.73 Å². The lowest BCUT2D eigenvalue weighted by molar-refractivity contribution is -0.131. The number of piperidine rings is 1. The lowest BCUT2D eigenvalue weighted by Gasteiger charge is -2.30. The predicted octanol–water partition coefficient (Wildman–Crippen LogP) is 0.774. The number of amides is 1. The Balaban J connectivity index is 1.84. The number of phenols is 1. The van der Waals surface area contributed by atoms with Crippen LogP contribution < -0.4 is 5.73 Å². The fourth-order valence-corrected chi connectivity index (χ4v) is 2.41. The molecular weight excluding hydrogens is 254 g/mol. The molecule has 1 saturated heterocycles. The van der Waals surface area contributed by atoms with Crippen molar-refractivity contribution in [1.82, 2.24) is 9.80 Å². The van der Waals surface area contributed by atoms with Crippen LogP contribution in [-0.2, 0) is 11.3 Å². The molecule has 5 nitrogen and oxygen atoms in total. The van der Waals surface area contributed by atoms with Crippen LogP contribution in [0.5, 0.6) is 5.75 Å². The van der Waals surface area contributed by atoms with Crippen molar-refractivity contribution in [1.29, 1.82) is 0 Å². The molecule has 0 saturated carbocycles. The number of carbonyl (C=O) groups is 1. The first kappa shape index (κ1) is 14.8. The van der Waals surface area contributed by atoms with Crippen LogP contribution in [0, 0.1) is 0 Å². The van der Waals surface area contributed by atoms with Crippen LogP contribution >= 0.6 is 0 Å². The van der Waals surface area contributed by atoms with Gasteiger partial charge >= 0.3 is 0 Å². The van der Waals surface area contributed by atoms with Gasteiger partial charge in [-0.25, -0.2) is 0 Å². The Bertz CT molecular complexity index is 456. The number of para-hydroxylation sites is 1. The number of benzene rings is 1. The zero-order valence-electron chi connectivity index (χ0n) is 12.0. The SMILES string of the molecule is CN(Cc1ccccc1O)C(=O)CN1CCC(N)CC1. The zero-order chi connectivity index (χ0) is 14.5. The number of hydrogen-bond donors (Lipinski definition) is 2. The maximum absolute atomic E-state index is 12.2. The van der Waals surface area contributed by atoms with E-state index in [9.17, 15) is 9.90 Å². The molecule has 3 N–H and O–H groups in total. The molecule has 0 aromatic heterocycles. The second-order valence-corrected chi connectivity index (χ2v) is 5.49. The summed E-state index contributed by atoms with van der Waals surface area (Å²) in [6.07, 6.45) is 1.91. The molecule has 0 radical (unpaired) electrons. The Labute approximate surface area is 120 Å². The summed E-state index contributed by atoms with van der Waals surface area (Å²) in [4.78, 5) is 16.0. The summed E-state index contributed by atoms with van der Waals surface area (Å²) in [6, 6.07) is 7.38. The lowest BCUT2D eigenvalue weighted by atomic mass is 10.1. The van der Waals surface area contributed by atoms with E-state index in [1.165, 1.54) is 0 Å². The van der Waals surface area contributed by atoms with Gasteiger partial charge in [0.2, 0.25) is 5.91 Å². The molecule has 0 atom stereocenters. The number of likely N-dealkylation sites (tertiary alicyclic amines) is 1. The first-order chi connectivity index (χ1) is 9.56. The van der Waals surface area contributed by atoms with Crippen molar-refractivity contribution in [2.24, 2.45) is 5.73 Å². The molecule has 1 aromatic carbocycles. The highest BCUT2D eigenvalue weighted by atomic mass is 16.3. The summed E-state index contributed by atoms with van der Waals surface area (Å²) in [5.41, 5.74) is 6.62. The molecule has 1 aliphatic rings. The standard InChI is InChI=1S/C15H23N3O2/c1-17(10-12-4-2-3-5-14(12)19)15(20)11-18-8-6-13(16)7-9-18/h2-5,13,19H,6-11,16H2,1H3. The van der Waals surface area contributed by atoms with Gasteiger partial charge in [-0.05, 0) is 18.9 Å². The van der Waals surface area contributed by atoms with Gasteiger partial charge in [-0.2, -0.15) is 0 Å². The number of hydrogen-bond acceptors (Lipinski definition) is 4. The smallest absolute Gasteiger partial charge is 0.236 e. The van der Waals surface area contributed by atoms with Crippen LogP contribution in [0.15, 0.2) is 24.3 Å². The van der Waals surface area contributed by atoms with Crippen molar-refractivity contribution in [3.63, 3.8) is 0 Å². The number of phenolic OH excluding ortho intramolecular Hbond substituents is 1. The Morgan fingerprint density at radius 3 is 2.70 bits per heavy atom. The summed E-state index contributed by atoms with van der Waals surface area (Å²) in [7, 11) is 1.77. The van der Waals surface area contributed by atoms with Gasteiger partial charge in [-0.3, -0.25) is 9.69 Å². The highest BCUT2D eigenvalue weighted by Crippen LogP contribution is 2.17. The summed E-state index contributed by atoms with van der Waals surface area (Å²) in [5.74, 6) is 0.305. The van der Waals surface area contributed by atoms with E-state index in [0.717, 1.165) is 31.5 Å². The first-order valence-electron chi connectivity index (χ1n) is 7.05. The second-order valence-electron chi connectivity index (χ2n) is 5.49. The van der Waals surface area contributed by atoms with E-state index in [-0.39, 0.29) is 17.7 Å². The molecule has 1 amide bonds. The molecule has 1 aromatic rings. The van der Waals surface area contributed by atoms with Gasteiger partial charge in [0.15, 0.2) is 0 Å². The van der Waals surface area contributed by atoms with Crippen LogP contribution in [-0.4, -0.2) is 53.5 Å². The minimum absolute atomic E-state index is 0.0729. The molecule has 0 unspecified atom stereocenters. The van der Waals surface area contributed by atoms with Gasteiger partial charge in [-0.15, -0.1) is 0 Å². The van der Waals surface area contributed by atoms with Gasteiger partial charge in [0.1, 0.15) is 5.75 Å². The van der Waals surface area contributed by atoms with Gasteiger partial charge in [0.05, 0.1) is 6.54 Å². The molecule has 0 bridgehead atoms. The predicted molar refractivity (Wildman–Crippen MR) is 78.2 cm³/mol. The fourth-order valence-electron chi connectivity index (χ4n) is 2.41. The average Bonchev–Trinajstić information content (AvgIpc) is 2.44. The van der Waals surface area contributed by atoms with Crippen molar-refractivity contribution in [2.75, 3.05) is 26.7 Å². The quantitative estimate of drug-likeness (QED) is 0.853. The van der Waals surface area contributed by atoms with Crippen LogP contribution in [0.1, 0.15) is 18.4 Å². The topological polar surface area (TPSA) is 69.8 Å². The van der Waals surface area contributed by atoms with E-state index < -0.39 is 0 Å². The van der Waals surface area contributed by atoms with Crippen molar-refractivity contribution >= 4 is 5.91 Å². The van der Waals surface area contributed by atoms with E-state index in [1.807, 2.05) is 12.1 Å². The van der Waals surface area contributed by atoms with Gasteiger partial charge in [-0.1, -0.05) is 18.2 Å². The number of rotatable bonds is 4. The highest BCUT2D eigenvalue weighted by Gasteiger charge is 2.20. The molecular formula is C15H23N3O2. The van der Waals surface area contributed by atoms with Gasteiger partial charge < -0.3 is 15.7 Å². The second kappa shape index (κ2) is 6.72. The summed E-state index contributed by atoms with van der Waals surface area (Å²) >= 11 is 0. The molecule has 1 fully saturated rings.